The first-order chi connectivity index (χ1) is 7.81. The summed E-state index contributed by atoms with van der Waals surface area (Å²) < 4.78 is 1.30. The fraction of sp³-hybridized carbons (Fsp3) is 0.500. The van der Waals surface area contributed by atoms with E-state index in [0.717, 1.165) is 18.8 Å². The van der Waals surface area contributed by atoms with Crippen LogP contribution >= 0.6 is 0 Å². The molecule has 2 heterocycles. The molecule has 4 heteroatoms. The fourth-order valence-corrected chi connectivity index (χ4v) is 1.95. The maximum Gasteiger partial charge on any atom is 0.269 e. The molecule has 0 bridgehead atoms. The lowest BCUT2D eigenvalue weighted by Gasteiger charge is -2.28. The third-order valence-electron chi connectivity index (χ3n) is 2.82. The third kappa shape index (κ3) is 2.25. The molecule has 84 valence electrons. The maximum absolute atomic E-state index is 11.7. The zero-order valence-corrected chi connectivity index (χ0v) is 9.22. The van der Waals surface area contributed by atoms with Gasteiger partial charge in [-0.2, -0.15) is 5.10 Å². The Morgan fingerprint density at radius 2 is 2.12 bits per heavy atom. The average molecular weight is 217 g/mol. The van der Waals surface area contributed by atoms with Crippen LogP contribution < -0.4 is 10.5 Å². The highest BCUT2D eigenvalue weighted by atomic mass is 16.1. The average Bonchev–Trinajstić information content (AvgIpc) is 2.33. The second-order valence-electron chi connectivity index (χ2n) is 3.96. The van der Waals surface area contributed by atoms with Gasteiger partial charge in [0.15, 0.2) is 0 Å². The van der Waals surface area contributed by atoms with Crippen molar-refractivity contribution in [3.8, 4) is 12.3 Å². The van der Waals surface area contributed by atoms with E-state index in [1.807, 2.05) is 0 Å². The smallest absolute Gasteiger partial charge is 0.269 e. The molecule has 1 aromatic heterocycles. The highest BCUT2D eigenvalue weighted by Crippen LogP contribution is 2.16. The van der Waals surface area contributed by atoms with Crippen molar-refractivity contribution in [3.05, 3.63) is 22.6 Å². The topological polar surface area (TPSA) is 38.1 Å². The Bertz CT molecular complexity index is 452. The van der Waals surface area contributed by atoms with Gasteiger partial charge in [0.25, 0.3) is 5.56 Å². The van der Waals surface area contributed by atoms with Gasteiger partial charge in [0.05, 0.1) is 11.9 Å². The minimum absolute atomic E-state index is 0.124. The molecule has 0 amide bonds. The Balaban J connectivity index is 2.20. The van der Waals surface area contributed by atoms with Crippen LogP contribution in [0.25, 0.3) is 0 Å². The summed E-state index contributed by atoms with van der Waals surface area (Å²) in [7, 11) is 0. The lowest BCUT2D eigenvalue weighted by atomic mass is 10.1. The summed E-state index contributed by atoms with van der Waals surface area (Å²) in [4.78, 5) is 13.9. The van der Waals surface area contributed by atoms with E-state index in [2.05, 4.69) is 15.9 Å². The van der Waals surface area contributed by atoms with Crippen molar-refractivity contribution < 1.29 is 0 Å². The monoisotopic (exact) mass is 217 g/mol. The standard InChI is InChI=1S/C12H15N3O/c1-2-6-15-12(16)9-11(10-13-15)14-7-4-3-5-8-14/h1,9-10H,3-8H2. The van der Waals surface area contributed by atoms with Crippen LogP contribution in [0.3, 0.4) is 0 Å². The van der Waals surface area contributed by atoms with E-state index in [0.29, 0.717) is 0 Å². The molecule has 0 N–H and O–H groups in total. The second-order valence-corrected chi connectivity index (χ2v) is 3.96. The molecule has 0 radical (unpaired) electrons. The van der Waals surface area contributed by atoms with Crippen LogP contribution in [0.15, 0.2) is 17.1 Å². The first kappa shape index (κ1) is 10.7. The number of piperidine rings is 1. The van der Waals surface area contributed by atoms with Gasteiger partial charge in [-0.25, -0.2) is 4.68 Å². The molecule has 0 spiro atoms. The van der Waals surface area contributed by atoms with Crippen molar-refractivity contribution >= 4 is 5.69 Å². The number of rotatable bonds is 2. The third-order valence-corrected chi connectivity index (χ3v) is 2.82. The van der Waals surface area contributed by atoms with Crippen molar-refractivity contribution in [1.82, 2.24) is 9.78 Å². The predicted octanol–water partition coefficient (Wildman–Crippen LogP) is 0.867. The molecule has 1 aliphatic heterocycles. The van der Waals surface area contributed by atoms with E-state index in [1.54, 1.807) is 12.3 Å². The summed E-state index contributed by atoms with van der Waals surface area (Å²) in [5, 5.41) is 4.06. The summed E-state index contributed by atoms with van der Waals surface area (Å²) in [5.74, 6) is 2.41. The molecule has 4 nitrogen and oxygen atoms in total. The summed E-state index contributed by atoms with van der Waals surface area (Å²) >= 11 is 0. The van der Waals surface area contributed by atoms with Crippen LogP contribution in [0.4, 0.5) is 5.69 Å². The van der Waals surface area contributed by atoms with Crippen LogP contribution in [0.1, 0.15) is 19.3 Å². The first-order valence-corrected chi connectivity index (χ1v) is 5.57. The molecule has 1 fully saturated rings. The number of terminal acetylenes is 1. The van der Waals surface area contributed by atoms with Crippen LogP contribution in [0.2, 0.25) is 0 Å². The minimum atomic E-state index is -0.124. The lowest BCUT2D eigenvalue weighted by Crippen LogP contribution is -2.32. The molecule has 0 unspecified atom stereocenters. The predicted molar refractivity (Wildman–Crippen MR) is 63.4 cm³/mol. The lowest BCUT2D eigenvalue weighted by molar-refractivity contribution is 0.573. The molecule has 0 atom stereocenters. The molecule has 2 rings (SSSR count). The Labute approximate surface area is 94.9 Å². The van der Waals surface area contributed by atoms with E-state index in [-0.39, 0.29) is 12.1 Å². The molecule has 0 saturated carbocycles. The molecule has 0 aliphatic carbocycles. The SMILES string of the molecule is C#CCn1ncc(N2CCCCC2)cc1=O. The normalized spacial score (nSPS) is 15.8. The Hall–Kier alpha value is -1.76. The number of nitrogens with zero attached hydrogens (tertiary/aromatic N) is 3. The highest BCUT2D eigenvalue weighted by Gasteiger charge is 2.11. The number of anilines is 1. The van der Waals surface area contributed by atoms with Crippen LogP contribution in [0.5, 0.6) is 0 Å². The van der Waals surface area contributed by atoms with E-state index in [1.165, 1.54) is 23.9 Å². The summed E-state index contributed by atoms with van der Waals surface area (Å²) in [6, 6.07) is 1.62. The van der Waals surface area contributed by atoms with Gasteiger partial charge in [-0.05, 0) is 19.3 Å². The van der Waals surface area contributed by atoms with E-state index in [9.17, 15) is 4.79 Å². The molecule has 1 saturated heterocycles. The fourth-order valence-electron chi connectivity index (χ4n) is 1.95. The number of hydrogen-bond donors (Lipinski definition) is 0. The summed E-state index contributed by atoms with van der Waals surface area (Å²) in [6.07, 6.45) is 10.5. The zero-order chi connectivity index (χ0) is 11.4. The number of hydrogen-bond acceptors (Lipinski definition) is 3. The van der Waals surface area contributed by atoms with Crippen molar-refractivity contribution in [1.29, 1.82) is 0 Å². The van der Waals surface area contributed by atoms with Crippen molar-refractivity contribution in [2.24, 2.45) is 0 Å². The van der Waals surface area contributed by atoms with Crippen LogP contribution in [0, 0.1) is 12.3 Å². The first-order valence-electron chi connectivity index (χ1n) is 5.57. The molecular weight excluding hydrogens is 202 g/mol. The molecular formula is C12H15N3O. The van der Waals surface area contributed by atoms with Crippen molar-refractivity contribution in [2.45, 2.75) is 25.8 Å². The van der Waals surface area contributed by atoms with Crippen LogP contribution in [-0.4, -0.2) is 22.9 Å². The minimum Gasteiger partial charge on any atom is -0.370 e. The van der Waals surface area contributed by atoms with Gasteiger partial charge < -0.3 is 4.90 Å². The van der Waals surface area contributed by atoms with Gasteiger partial charge in [0.1, 0.15) is 6.54 Å². The van der Waals surface area contributed by atoms with Crippen molar-refractivity contribution in [2.75, 3.05) is 18.0 Å². The summed E-state index contributed by atoms with van der Waals surface area (Å²) in [5.41, 5.74) is 0.791. The Morgan fingerprint density at radius 3 is 2.75 bits per heavy atom. The highest BCUT2D eigenvalue weighted by molar-refractivity contribution is 5.43. The zero-order valence-electron chi connectivity index (χ0n) is 9.22. The molecule has 16 heavy (non-hydrogen) atoms. The largest absolute Gasteiger partial charge is 0.370 e. The molecule has 1 aromatic rings. The molecule has 0 aromatic carbocycles. The number of aromatic nitrogens is 2. The van der Waals surface area contributed by atoms with Crippen molar-refractivity contribution in [3.63, 3.8) is 0 Å². The van der Waals surface area contributed by atoms with Gasteiger partial charge in [-0.1, -0.05) is 5.92 Å². The van der Waals surface area contributed by atoms with E-state index >= 15 is 0 Å². The second kappa shape index (κ2) is 4.84. The van der Waals surface area contributed by atoms with Gasteiger partial charge in [0, 0.05) is 19.2 Å². The van der Waals surface area contributed by atoms with Gasteiger partial charge in [0.2, 0.25) is 0 Å². The van der Waals surface area contributed by atoms with E-state index in [4.69, 9.17) is 6.42 Å². The molecule has 1 aliphatic rings. The Kier molecular flexibility index (Phi) is 3.25. The quantitative estimate of drug-likeness (QED) is 0.690. The van der Waals surface area contributed by atoms with Gasteiger partial charge in [-0.15, -0.1) is 6.42 Å². The summed E-state index contributed by atoms with van der Waals surface area (Å²) in [6.45, 7) is 2.26. The van der Waals surface area contributed by atoms with Gasteiger partial charge in [-0.3, -0.25) is 4.79 Å². The van der Waals surface area contributed by atoms with Crippen LogP contribution in [-0.2, 0) is 6.54 Å². The Morgan fingerprint density at radius 1 is 1.38 bits per heavy atom. The maximum atomic E-state index is 11.7. The van der Waals surface area contributed by atoms with E-state index < -0.39 is 0 Å². The van der Waals surface area contributed by atoms with Gasteiger partial charge >= 0.3 is 0 Å².